The van der Waals surface area contributed by atoms with Gasteiger partial charge in [-0.3, -0.25) is 4.79 Å². The summed E-state index contributed by atoms with van der Waals surface area (Å²) in [6, 6.07) is 0. The van der Waals surface area contributed by atoms with Gasteiger partial charge >= 0.3 is 5.97 Å². The van der Waals surface area contributed by atoms with Crippen molar-refractivity contribution < 1.29 is 18.3 Å². The van der Waals surface area contributed by atoms with Crippen molar-refractivity contribution in [1.82, 2.24) is 0 Å². The molecular formula is C7H10F2O2. The molecule has 1 aliphatic heterocycles. The van der Waals surface area contributed by atoms with E-state index in [0.717, 1.165) is 6.92 Å². The highest BCUT2D eigenvalue weighted by Crippen LogP contribution is 2.28. The first-order chi connectivity index (χ1) is 4.99. The third-order valence-electron chi connectivity index (χ3n) is 1.65. The molecule has 1 fully saturated rings. The Labute approximate surface area is 63.5 Å². The molecule has 0 amide bonds. The Morgan fingerprint density at radius 3 is 2.73 bits per heavy atom. The van der Waals surface area contributed by atoms with Crippen LogP contribution in [0.15, 0.2) is 0 Å². The van der Waals surface area contributed by atoms with Gasteiger partial charge in [-0.05, 0) is 13.3 Å². The maximum absolute atomic E-state index is 12.3. The summed E-state index contributed by atoms with van der Waals surface area (Å²) in [7, 11) is 0. The maximum Gasteiger partial charge on any atom is 0.309 e. The van der Waals surface area contributed by atoms with Gasteiger partial charge in [0, 0.05) is 6.42 Å². The molecule has 1 unspecified atom stereocenters. The van der Waals surface area contributed by atoms with Crippen molar-refractivity contribution in [2.75, 3.05) is 6.61 Å². The average molecular weight is 164 g/mol. The molecule has 0 N–H and O–H groups in total. The van der Waals surface area contributed by atoms with Crippen molar-refractivity contribution in [2.24, 2.45) is 5.92 Å². The van der Waals surface area contributed by atoms with E-state index >= 15 is 0 Å². The van der Waals surface area contributed by atoms with E-state index in [1.807, 2.05) is 0 Å². The second-order valence-corrected chi connectivity index (χ2v) is 2.93. The Morgan fingerprint density at radius 2 is 2.36 bits per heavy atom. The van der Waals surface area contributed by atoms with E-state index in [1.165, 1.54) is 0 Å². The van der Waals surface area contributed by atoms with E-state index < -0.39 is 17.8 Å². The first-order valence-corrected chi connectivity index (χ1v) is 3.53. The molecule has 64 valence electrons. The van der Waals surface area contributed by atoms with E-state index in [1.54, 1.807) is 0 Å². The summed E-state index contributed by atoms with van der Waals surface area (Å²) in [6.07, 6.45) is 0.0497. The number of esters is 1. The molecule has 4 heteroatoms. The van der Waals surface area contributed by atoms with Gasteiger partial charge in [0.2, 0.25) is 5.92 Å². The number of rotatable bonds is 2. The summed E-state index contributed by atoms with van der Waals surface area (Å²) in [5.41, 5.74) is 0. The zero-order valence-electron chi connectivity index (χ0n) is 6.27. The Bertz CT molecular complexity index is 162. The fourth-order valence-corrected chi connectivity index (χ4v) is 1.16. The SMILES string of the molecule is CC(F)(F)CC1CCOC1=O. The molecule has 0 aliphatic carbocycles. The molecule has 1 aliphatic rings. The van der Waals surface area contributed by atoms with Crippen molar-refractivity contribution >= 4 is 5.97 Å². The maximum atomic E-state index is 12.3. The van der Waals surface area contributed by atoms with Crippen molar-refractivity contribution in [3.63, 3.8) is 0 Å². The fraction of sp³-hybridized carbons (Fsp3) is 0.857. The second kappa shape index (κ2) is 2.75. The topological polar surface area (TPSA) is 26.3 Å². The summed E-state index contributed by atoms with van der Waals surface area (Å²) in [5, 5.41) is 0. The third kappa shape index (κ3) is 2.44. The lowest BCUT2D eigenvalue weighted by molar-refractivity contribution is -0.143. The number of cyclic esters (lactones) is 1. The Morgan fingerprint density at radius 1 is 1.73 bits per heavy atom. The lowest BCUT2D eigenvalue weighted by Gasteiger charge is -2.11. The minimum absolute atomic E-state index is 0.291. The van der Waals surface area contributed by atoms with Gasteiger partial charge in [-0.15, -0.1) is 0 Å². The predicted octanol–water partition coefficient (Wildman–Crippen LogP) is 1.59. The number of hydrogen-bond donors (Lipinski definition) is 0. The summed E-state index contributed by atoms with van der Waals surface area (Å²) in [5.74, 6) is -3.82. The Kier molecular flexibility index (Phi) is 2.11. The third-order valence-corrected chi connectivity index (χ3v) is 1.65. The highest BCUT2D eigenvalue weighted by molar-refractivity contribution is 5.74. The van der Waals surface area contributed by atoms with Crippen molar-refractivity contribution in [3.8, 4) is 0 Å². The van der Waals surface area contributed by atoms with Crippen LogP contribution in [0.25, 0.3) is 0 Å². The molecule has 0 bridgehead atoms. The van der Waals surface area contributed by atoms with Crippen molar-refractivity contribution in [2.45, 2.75) is 25.7 Å². The lowest BCUT2D eigenvalue weighted by Crippen LogP contribution is -2.19. The molecule has 2 nitrogen and oxygen atoms in total. The molecule has 0 aromatic carbocycles. The van der Waals surface area contributed by atoms with Gasteiger partial charge in [0.1, 0.15) is 0 Å². The van der Waals surface area contributed by atoms with Crippen LogP contribution in [0.3, 0.4) is 0 Å². The molecule has 11 heavy (non-hydrogen) atoms. The second-order valence-electron chi connectivity index (χ2n) is 2.93. The number of carbonyl (C=O) groups excluding carboxylic acids is 1. The quantitative estimate of drug-likeness (QED) is 0.579. The van der Waals surface area contributed by atoms with Crippen LogP contribution >= 0.6 is 0 Å². The first-order valence-electron chi connectivity index (χ1n) is 3.53. The van der Waals surface area contributed by atoms with Crippen LogP contribution < -0.4 is 0 Å². The molecule has 0 aromatic heterocycles. The molecular weight excluding hydrogens is 154 g/mol. The smallest absolute Gasteiger partial charge is 0.309 e. The highest BCUT2D eigenvalue weighted by atomic mass is 19.3. The largest absolute Gasteiger partial charge is 0.465 e. The zero-order valence-corrected chi connectivity index (χ0v) is 6.27. The van der Waals surface area contributed by atoms with Crippen LogP contribution in [-0.4, -0.2) is 18.5 Å². The zero-order chi connectivity index (χ0) is 8.48. The molecule has 0 radical (unpaired) electrons. The van der Waals surface area contributed by atoms with Crippen LogP contribution in [0.4, 0.5) is 8.78 Å². The summed E-state index contributed by atoms with van der Waals surface area (Å²) >= 11 is 0. The van der Waals surface area contributed by atoms with E-state index in [4.69, 9.17) is 0 Å². The van der Waals surface area contributed by atoms with Gasteiger partial charge in [0.05, 0.1) is 12.5 Å². The summed E-state index contributed by atoms with van der Waals surface area (Å²) in [6.45, 7) is 1.11. The molecule has 0 aromatic rings. The summed E-state index contributed by atoms with van der Waals surface area (Å²) in [4.78, 5) is 10.7. The van der Waals surface area contributed by atoms with E-state index in [-0.39, 0.29) is 6.42 Å². The molecule has 1 heterocycles. The minimum Gasteiger partial charge on any atom is -0.465 e. The van der Waals surface area contributed by atoms with Gasteiger partial charge in [-0.25, -0.2) is 8.78 Å². The normalized spacial score (nSPS) is 25.4. The molecule has 0 spiro atoms. The Hall–Kier alpha value is -0.670. The van der Waals surface area contributed by atoms with Crippen molar-refractivity contribution in [1.29, 1.82) is 0 Å². The van der Waals surface area contributed by atoms with E-state index in [2.05, 4.69) is 4.74 Å². The van der Waals surface area contributed by atoms with Crippen LogP contribution in [-0.2, 0) is 9.53 Å². The highest BCUT2D eigenvalue weighted by Gasteiger charge is 2.35. The van der Waals surface area contributed by atoms with Crippen LogP contribution in [0.1, 0.15) is 19.8 Å². The lowest BCUT2D eigenvalue weighted by atomic mass is 10.0. The molecule has 1 rings (SSSR count). The average Bonchev–Trinajstić information content (AvgIpc) is 2.12. The first kappa shape index (κ1) is 8.43. The van der Waals surface area contributed by atoms with E-state index in [0.29, 0.717) is 13.0 Å². The molecule has 1 atom stereocenters. The Balaban J connectivity index is 2.43. The minimum atomic E-state index is -2.76. The fourth-order valence-electron chi connectivity index (χ4n) is 1.16. The summed E-state index contributed by atoms with van der Waals surface area (Å²) < 4.78 is 29.2. The van der Waals surface area contributed by atoms with Crippen LogP contribution in [0.5, 0.6) is 0 Å². The van der Waals surface area contributed by atoms with E-state index in [9.17, 15) is 13.6 Å². The monoisotopic (exact) mass is 164 g/mol. The molecule has 0 saturated carbocycles. The van der Waals surface area contributed by atoms with Gasteiger partial charge < -0.3 is 4.74 Å². The number of hydrogen-bond acceptors (Lipinski definition) is 2. The van der Waals surface area contributed by atoms with Crippen LogP contribution in [0, 0.1) is 5.92 Å². The number of carbonyl (C=O) groups is 1. The van der Waals surface area contributed by atoms with Gasteiger partial charge in [0.25, 0.3) is 0 Å². The number of alkyl halides is 2. The standard InChI is InChI=1S/C7H10F2O2/c1-7(8,9)4-5-2-3-11-6(5)10/h5H,2-4H2,1H3. The van der Waals surface area contributed by atoms with Gasteiger partial charge in [-0.2, -0.15) is 0 Å². The number of ether oxygens (including phenoxy) is 1. The number of halogens is 2. The van der Waals surface area contributed by atoms with Gasteiger partial charge in [0.15, 0.2) is 0 Å². The van der Waals surface area contributed by atoms with Gasteiger partial charge in [-0.1, -0.05) is 0 Å². The van der Waals surface area contributed by atoms with Crippen LogP contribution in [0.2, 0.25) is 0 Å². The molecule has 1 saturated heterocycles. The van der Waals surface area contributed by atoms with Crippen molar-refractivity contribution in [3.05, 3.63) is 0 Å². The predicted molar refractivity (Wildman–Crippen MR) is 34.3 cm³/mol.